The minimum Gasteiger partial charge on any atom is -0.377 e. The maximum absolute atomic E-state index is 12.1. The molecule has 4 heteroatoms. The molecule has 0 aliphatic carbocycles. The van der Waals surface area contributed by atoms with Crippen LogP contribution in [0.5, 0.6) is 0 Å². The van der Waals surface area contributed by atoms with Gasteiger partial charge in [0.2, 0.25) is 5.91 Å². The summed E-state index contributed by atoms with van der Waals surface area (Å²) in [5, 5.41) is 3.34. The van der Waals surface area contributed by atoms with Gasteiger partial charge < -0.3 is 15.0 Å². The van der Waals surface area contributed by atoms with Crippen LogP contribution in [0, 0.1) is 0 Å². The average Bonchev–Trinajstić information content (AvgIpc) is 2.80. The van der Waals surface area contributed by atoms with E-state index in [-0.39, 0.29) is 30.1 Å². The number of ether oxygens (including phenoxy) is 1. The molecular weight excluding hydrogens is 216 g/mol. The Labute approximate surface area is 105 Å². The molecule has 0 bridgehead atoms. The van der Waals surface area contributed by atoms with E-state index in [9.17, 15) is 4.79 Å². The second-order valence-electron chi connectivity index (χ2n) is 5.27. The number of nitrogens with zero attached hydrogens (tertiary/aromatic N) is 1. The lowest BCUT2D eigenvalue weighted by Crippen LogP contribution is -2.51. The lowest BCUT2D eigenvalue weighted by Gasteiger charge is -2.29. The van der Waals surface area contributed by atoms with E-state index in [1.54, 1.807) is 4.90 Å². The molecule has 0 spiro atoms. The van der Waals surface area contributed by atoms with Crippen molar-refractivity contribution in [2.75, 3.05) is 13.7 Å². The van der Waals surface area contributed by atoms with Crippen LogP contribution in [0.3, 0.4) is 0 Å². The van der Waals surface area contributed by atoms with Gasteiger partial charge in [-0.05, 0) is 40.5 Å². The molecule has 0 aromatic carbocycles. The Hall–Kier alpha value is -0.610. The fraction of sp³-hybridized carbons (Fsp3) is 0.923. The van der Waals surface area contributed by atoms with Gasteiger partial charge in [-0.3, -0.25) is 4.79 Å². The molecule has 4 nitrogen and oxygen atoms in total. The minimum absolute atomic E-state index is 0.143. The number of likely N-dealkylation sites (N-methyl/N-ethyl adjacent to an activating group) is 1. The molecule has 0 saturated carbocycles. The molecule has 0 unspecified atom stereocenters. The first-order valence-corrected chi connectivity index (χ1v) is 6.57. The number of amides is 1. The van der Waals surface area contributed by atoms with Gasteiger partial charge in [0.15, 0.2) is 0 Å². The number of nitrogens with one attached hydrogen (secondary N) is 1. The molecule has 1 aliphatic heterocycles. The third-order valence-electron chi connectivity index (χ3n) is 3.53. The first kappa shape index (κ1) is 14.5. The van der Waals surface area contributed by atoms with Crippen molar-refractivity contribution in [3.05, 3.63) is 0 Å². The van der Waals surface area contributed by atoms with Crippen LogP contribution in [0.1, 0.15) is 40.5 Å². The maximum Gasteiger partial charge on any atom is 0.239 e. The van der Waals surface area contributed by atoms with Crippen molar-refractivity contribution in [3.63, 3.8) is 0 Å². The van der Waals surface area contributed by atoms with Crippen LogP contribution < -0.4 is 5.32 Å². The van der Waals surface area contributed by atoms with E-state index in [1.807, 2.05) is 27.8 Å². The zero-order valence-corrected chi connectivity index (χ0v) is 11.7. The highest BCUT2D eigenvalue weighted by Gasteiger charge is 2.26. The van der Waals surface area contributed by atoms with Crippen molar-refractivity contribution in [1.82, 2.24) is 10.2 Å². The normalized spacial score (nSPS) is 23.8. The van der Waals surface area contributed by atoms with Crippen LogP contribution in [0.25, 0.3) is 0 Å². The number of hydrogen-bond acceptors (Lipinski definition) is 3. The van der Waals surface area contributed by atoms with Crippen LogP contribution >= 0.6 is 0 Å². The van der Waals surface area contributed by atoms with E-state index in [0.29, 0.717) is 0 Å². The van der Waals surface area contributed by atoms with E-state index in [1.165, 1.54) is 0 Å². The summed E-state index contributed by atoms with van der Waals surface area (Å²) >= 11 is 0. The van der Waals surface area contributed by atoms with Gasteiger partial charge in [0.05, 0.1) is 12.1 Å². The molecule has 0 aromatic rings. The third-order valence-corrected chi connectivity index (χ3v) is 3.53. The second kappa shape index (κ2) is 6.36. The number of carbonyl (C=O) groups excluding carboxylic acids is 1. The summed E-state index contributed by atoms with van der Waals surface area (Å²) in [6.07, 6.45) is 2.48. The molecule has 17 heavy (non-hydrogen) atoms. The molecule has 3 atom stereocenters. The zero-order valence-electron chi connectivity index (χ0n) is 11.7. The quantitative estimate of drug-likeness (QED) is 0.792. The summed E-state index contributed by atoms with van der Waals surface area (Å²) in [5.41, 5.74) is 0. The van der Waals surface area contributed by atoms with Crippen molar-refractivity contribution in [2.24, 2.45) is 0 Å². The third kappa shape index (κ3) is 3.96. The molecule has 100 valence electrons. The Bertz CT molecular complexity index is 250. The summed E-state index contributed by atoms with van der Waals surface area (Å²) in [6.45, 7) is 8.91. The van der Waals surface area contributed by atoms with E-state index in [0.717, 1.165) is 19.4 Å². The second-order valence-corrected chi connectivity index (χ2v) is 5.27. The largest absolute Gasteiger partial charge is 0.377 e. The van der Waals surface area contributed by atoms with Crippen LogP contribution in [-0.4, -0.2) is 48.7 Å². The van der Waals surface area contributed by atoms with Crippen molar-refractivity contribution in [1.29, 1.82) is 0 Å². The molecule has 1 N–H and O–H groups in total. The van der Waals surface area contributed by atoms with Gasteiger partial charge in [0.25, 0.3) is 0 Å². The van der Waals surface area contributed by atoms with Crippen LogP contribution in [0.15, 0.2) is 0 Å². The lowest BCUT2D eigenvalue weighted by molar-refractivity contribution is -0.133. The predicted octanol–water partition coefficient (Wildman–Crippen LogP) is 1.40. The van der Waals surface area contributed by atoms with Gasteiger partial charge in [-0.15, -0.1) is 0 Å². The van der Waals surface area contributed by atoms with E-state index in [2.05, 4.69) is 12.2 Å². The highest BCUT2D eigenvalue weighted by Crippen LogP contribution is 2.15. The van der Waals surface area contributed by atoms with E-state index < -0.39 is 0 Å². The van der Waals surface area contributed by atoms with Gasteiger partial charge in [0, 0.05) is 25.7 Å². The highest BCUT2D eigenvalue weighted by molar-refractivity contribution is 5.81. The average molecular weight is 242 g/mol. The highest BCUT2D eigenvalue weighted by atomic mass is 16.5. The summed E-state index contributed by atoms with van der Waals surface area (Å²) in [6, 6.07) is 0.323. The number of rotatable bonds is 5. The maximum atomic E-state index is 12.1. The van der Waals surface area contributed by atoms with Crippen LogP contribution in [-0.2, 0) is 9.53 Å². The molecule has 1 rings (SSSR count). The summed E-state index contributed by atoms with van der Waals surface area (Å²) in [5.74, 6) is 0.143. The standard InChI is InChI=1S/C13H26N2O2/c1-9(2)15(5)13(16)11(4)14-10(3)12-7-6-8-17-12/h9-12,14H,6-8H2,1-5H3/t10-,11+,12-/m1/s1. The van der Waals surface area contributed by atoms with Crippen molar-refractivity contribution in [2.45, 2.75) is 64.8 Å². The summed E-state index contributed by atoms with van der Waals surface area (Å²) in [4.78, 5) is 13.8. The Morgan fingerprint density at radius 2 is 2.00 bits per heavy atom. The Kier molecular flexibility index (Phi) is 5.40. The molecule has 1 fully saturated rings. The van der Waals surface area contributed by atoms with Crippen molar-refractivity contribution in [3.8, 4) is 0 Å². The SMILES string of the molecule is CC(C)N(C)C(=O)[C@H](C)N[C@H](C)[C@H]1CCCO1. The fourth-order valence-electron chi connectivity index (χ4n) is 2.13. The van der Waals surface area contributed by atoms with Gasteiger partial charge in [-0.1, -0.05) is 0 Å². The zero-order chi connectivity index (χ0) is 13.0. The monoisotopic (exact) mass is 242 g/mol. The van der Waals surface area contributed by atoms with Gasteiger partial charge in [-0.2, -0.15) is 0 Å². The predicted molar refractivity (Wildman–Crippen MR) is 68.9 cm³/mol. The Morgan fingerprint density at radius 1 is 1.35 bits per heavy atom. The van der Waals surface area contributed by atoms with Crippen molar-refractivity contribution < 1.29 is 9.53 Å². The molecule has 1 aliphatic rings. The first-order valence-electron chi connectivity index (χ1n) is 6.57. The lowest BCUT2D eigenvalue weighted by atomic mass is 10.1. The van der Waals surface area contributed by atoms with E-state index in [4.69, 9.17) is 4.74 Å². The molecule has 0 aromatic heterocycles. The van der Waals surface area contributed by atoms with Gasteiger partial charge in [-0.25, -0.2) is 0 Å². The molecular formula is C13H26N2O2. The smallest absolute Gasteiger partial charge is 0.239 e. The summed E-state index contributed by atoms with van der Waals surface area (Å²) < 4.78 is 5.62. The minimum atomic E-state index is -0.151. The number of hydrogen-bond donors (Lipinski definition) is 1. The van der Waals surface area contributed by atoms with Crippen LogP contribution in [0.4, 0.5) is 0 Å². The topological polar surface area (TPSA) is 41.6 Å². The summed E-state index contributed by atoms with van der Waals surface area (Å²) in [7, 11) is 1.85. The van der Waals surface area contributed by atoms with Gasteiger partial charge >= 0.3 is 0 Å². The van der Waals surface area contributed by atoms with E-state index >= 15 is 0 Å². The van der Waals surface area contributed by atoms with Crippen molar-refractivity contribution >= 4 is 5.91 Å². The molecule has 1 heterocycles. The first-order chi connectivity index (χ1) is 7.93. The van der Waals surface area contributed by atoms with Gasteiger partial charge in [0.1, 0.15) is 0 Å². The molecule has 1 saturated heterocycles. The van der Waals surface area contributed by atoms with Crippen LogP contribution in [0.2, 0.25) is 0 Å². The molecule has 1 amide bonds. The number of carbonyl (C=O) groups is 1. The fourth-order valence-corrected chi connectivity index (χ4v) is 2.13. The Morgan fingerprint density at radius 3 is 2.47 bits per heavy atom. The Balaban J connectivity index is 2.42. The molecule has 0 radical (unpaired) electrons.